The zero-order valence-electron chi connectivity index (χ0n) is 10.7. The lowest BCUT2D eigenvalue weighted by Gasteiger charge is -2.41. The van der Waals surface area contributed by atoms with Crippen molar-refractivity contribution in [2.45, 2.75) is 5.72 Å². The molecule has 100 valence electrons. The standard InChI is InChI=1S/C15H13N3O2/c19-14-17-13-6-7-16-10-12(13)15(18(14)8-9-20-15)11-4-2-1-3-5-11/h1-7,10H,8-9H2,(H,17,19). The van der Waals surface area contributed by atoms with E-state index in [0.29, 0.717) is 13.2 Å². The number of hydrogen-bond donors (Lipinski definition) is 1. The second kappa shape index (κ2) is 4.05. The Morgan fingerprint density at radius 1 is 1.25 bits per heavy atom. The minimum absolute atomic E-state index is 0.134. The number of fused-ring (bicyclic) bond motifs is 3. The SMILES string of the molecule is O=C1Nc2ccncc2C2(c3ccccc3)OCCN12. The van der Waals surface area contributed by atoms with E-state index in [9.17, 15) is 4.79 Å². The number of ether oxygens (including phenoxy) is 1. The zero-order chi connectivity index (χ0) is 13.6. The van der Waals surface area contributed by atoms with Crippen molar-refractivity contribution >= 4 is 11.7 Å². The number of nitrogens with one attached hydrogen (secondary N) is 1. The van der Waals surface area contributed by atoms with Crippen molar-refractivity contribution in [1.82, 2.24) is 9.88 Å². The summed E-state index contributed by atoms with van der Waals surface area (Å²) < 4.78 is 6.05. The maximum atomic E-state index is 12.3. The van der Waals surface area contributed by atoms with Gasteiger partial charge in [-0.3, -0.25) is 9.88 Å². The topological polar surface area (TPSA) is 54.5 Å². The molecule has 3 heterocycles. The normalized spacial score (nSPS) is 24.0. The van der Waals surface area contributed by atoms with Crippen molar-refractivity contribution < 1.29 is 9.53 Å². The van der Waals surface area contributed by atoms with Crippen LogP contribution in [0, 0.1) is 0 Å². The van der Waals surface area contributed by atoms with E-state index in [-0.39, 0.29) is 6.03 Å². The minimum atomic E-state index is -0.854. The first-order valence-electron chi connectivity index (χ1n) is 6.55. The van der Waals surface area contributed by atoms with E-state index in [1.54, 1.807) is 23.4 Å². The molecular weight excluding hydrogens is 254 g/mol. The van der Waals surface area contributed by atoms with E-state index in [4.69, 9.17) is 4.74 Å². The molecule has 2 aromatic rings. The lowest BCUT2D eigenvalue weighted by atomic mass is 9.91. The maximum Gasteiger partial charge on any atom is 0.324 e. The van der Waals surface area contributed by atoms with Gasteiger partial charge in [0.25, 0.3) is 0 Å². The van der Waals surface area contributed by atoms with Crippen molar-refractivity contribution in [3.63, 3.8) is 0 Å². The van der Waals surface area contributed by atoms with Gasteiger partial charge in [-0.15, -0.1) is 0 Å². The van der Waals surface area contributed by atoms with Crippen molar-refractivity contribution in [1.29, 1.82) is 0 Å². The van der Waals surface area contributed by atoms with Gasteiger partial charge in [0.1, 0.15) is 0 Å². The highest BCUT2D eigenvalue weighted by molar-refractivity contribution is 5.94. The number of amides is 2. The van der Waals surface area contributed by atoms with Crippen LogP contribution in [0.3, 0.4) is 0 Å². The number of hydrogen-bond acceptors (Lipinski definition) is 3. The van der Waals surface area contributed by atoms with E-state index in [1.807, 2.05) is 30.3 Å². The number of benzene rings is 1. The lowest BCUT2D eigenvalue weighted by molar-refractivity contribution is -0.0328. The van der Waals surface area contributed by atoms with Gasteiger partial charge < -0.3 is 10.1 Å². The molecule has 2 aliphatic heterocycles. The van der Waals surface area contributed by atoms with Gasteiger partial charge in [-0.2, -0.15) is 0 Å². The lowest BCUT2D eigenvalue weighted by Crippen LogP contribution is -2.52. The van der Waals surface area contributed by atoms with Crippen LogP contribution in [0.15, 0.2) is 48.8 Å². The molecule has 0 bridgehead atoms. The quantitative estimate of drug-likeness (QED) is 0.861. The Balaban J connectivity index is 2.01. The predicted octanol–water partition coefficient (Wildman–Crippen LogP) is 2.16. The average molecular weight is 267 g/mol. The number of urea groups is 1. The van der Waals surface area contributed by atoms with Gasteiger partial charge in [0, 0.05) is 24.5 Å². The van der Waals surface area contributed by atoms with Crippen molar-refractivity contribution in [2.75, 3.05) is 18.5 Å². The number of pyridine rings is 1. The van der Waals surface area contributed by atoms with Crippen LogP contribution in [-0.4, -0.2) is 29.1 Å². The Labute approximate surface area is 116 Å². The van der Waals surface area contributed by atoms with Gasteiger partial charge in [0.2, 0.25) is 5.72 Å². The Bertz CT molecular complexity index is 674. The summed E-state index contributed by atoms with van der Waals surface area (Å²) in [5, 5.41) is 2.89. The summed E-state index contributed by atoms with van der Waals surface area (Å²) in [5.74, 6) is 0. The molecule has 0 aliphatic carbocycles. The number of carbonyl (C=O) groups excluding carboxylic acids is 1. The average Bonchev–Trinajstić information content (AvgIpc) is 2.95. The molecular formula is C15H13N3O2. The number of rotatable bonds is 1. The molecule has 20 heavy (non-hydrogen) atoms. The molecule has 1 unspecified atom stereocenters. The van der Waals surface area contributed by atoms with Crippen LogP contribution in [0.5, 0.6) is 0 Å². The summed E-state index contributed by atoms with van der Waals surface area (Å²) in [7, 11) is 0. The fourth-order valence-electron chi connectivity index (χ4n) is 3.00. The first-order chi connectivity index (χ1) is 9.82. The van der Waals surface area contributed by atoms with Crippen LogP contribution in [0.25, 0.3) is 0 Å². The zero-order valence-corrected chi connectivity index (χ0v) is 10.7. The van der Waals surface area contributed by atoms with E-state index >= 15 is 0 Å². The Hall–Kier alpha value is -2.40. The molecule has 1 saturated heterocycles. The molecule has 1 aromatic heterocycles. The van der Waals surface area contributed by atoms with Gasteiger partial charge in [0.15, 0.2) is 0 Å². The molecule has 5 nitrogen and oxygen atoms in total. The summed E-state index contributed by atoms with van der Waals surface area (Å²) >= 11 is 0. The molecule has 0 saturated carbocycles. The number of carbonyl (C=O) groups is 1. The van der Waals surface area contributed by atoms with Crippen LogP contribution in [0.2, 0.25) is 0 Å². The van der Waals surface area contributed by atoms with Crippen molar-refractivity contribution in [2.24, 2.45) is 0 Å². The molecule has 1 N–H and O–H groups in total. The number of nitrogens with zero attached hydrogens (tertiary/aromatic N) is 2. The van der Waals surface area contributed by atoms with Crippen LogP contribution in [0.1, 0.15) is 11.1 Å². The fourth-order valence-corrected chi connectivity index (χ4v) is 3.00. The molecule has 1 atom stereocenters. The molecule has 2 aliphatic rings. The summed E-state index contributed by atoms with van der Waals surface area (Å²) in [6.45, 7) is 1.08. The summed E-state index contributed by atoms with van der Waals surface area (Å²) in [5.41, 5.74) is 1.73. The van der Waals surface area contributed by atoms with Crippen LogP contribution < -0.4 is 5.32 Å². The first-order valence-corrected chi connectivity index (χ1v) is 6.55. The predicted molar refractivity (Wildman–Crippen MR) is 73.1 cm³/mol. The van der Waals surface area contributed by atoms with Crippen molar-refractivity contribution in [3.05, 3.63) is 59.9 Å². The second-order valence-corrected chi connectivity index (χ2v) is 4.86. The first kappa shape index (κ1) is 11.4. The summed E-state index contributed by atoms with van der Waals surface area (Å²) in [6, 6.07) is 11.5. The second-order valence-electron chi connectivity index (χ2n) is 4.86. The molecule has 2 amide bonds. The maximum absolute atomic E-state index is 12.3. The Morgan fingerprint density at radius 2 is 2.10 bits per heavy atom. The monoisotopic (exact) mass is 267 g/mol. The molecule has 1 aromatic carbocycles. The van der Waals surface area contributed by atoms with E-state index < -0.39 is 5.72 Å². The van der Waals surface area contributed by atoms with Gasteiger partial charge >= 0.3 is 6.03 Å². The van der Waals surface area contributed by atoms with Crippen LogP contribution in [0.4, 0.5) is 10.5 Å². The minimum Gasteiger partial charge on any atom is -0.345 e. The van der Waals surface area contributed by atoms with Gasteiger partial charge in [-0.1, -0.05) is 30.3 Å². The number of anilines is 1. The molecule has 1 fully saturated rings. The van der Waals surface area contributed by atoms with E-state index in [1.165, 1.54) is 0 Å². The third kappa shape index (κ3) is 1.35. The summed E-state index contributed by atoms with van der Waals surface area (Å²) in [4.78, 5) is 18.3. The van der Waals surface area contributed by atoms with E-state index in [0.717, 1.165) is 16.8 Å². The molecule has 0 spiro atoms. The molecule has 5 heteroatoms. The Kier molecular flexibility index (Phi) is 2.31. The van der Waals surface area contributed by atoms with Crippen LogP contribution >= 0.6 is 0 Å². The van der Waals surface area contributed by atoms with Crippen LogP contribution in [-0.2, 0) is 10.5 Å². The third-order valence-electron chi connectivity index (χ3n) is 3.84. The highest BCUT2D eigenvalue weighted by atomic mass is 16.5. The van der Waals surface area contributed by atoms with Gasteiger partial charge in [0.05, 0.1) is 17.9 Å². The Morgan fingerprint density at radius 3 is 2.95 bits per heavy atom. The highest BCUT2D eigenvalue weighted by Crippen LogP contribution is 2.46. The highest BCUT2D eigenvalue weighted by Gasteiger charge is 2.52. The smallest absolute Gasteiger partial charge is 0.324 e. The van der Waals surface area contributed by atoms with E-state index in [2.05, 4.69) is 10.3 Å². The van der Waals surface area contributed by atoms with Gasteiger partial charge in [-0.25, -0.2) is 4.79 Å². The number of aromatic nitrogens is 1. The largest absolute Gasteiger partial charge is 0.345 e. The fraction of sp³-hybridized carbons (Fsp3) is 0.200. The summed E-state index contributed by atoms with van der Waals surface area (Å²) in [6.07, 6.45) is 3.43. The molecule has 4 rings (SSSR count). The van der Waals surface area contributed by atoms with Crippen molar-refractivity contribution in [3.8, 4) is 0 Å². The third-order valence-corrected chi connectivity index (χ3v) is 3.84. The molecule has 0 radical (unpaired) electrons. The van der Waals surface area contributed by atoms with Gasteiger partial charge in [-0.05, 0) is 6.07 Å².